The Labute approximate surface area is 187 Å². The van der Waals surface area contributed by atoms with Crippen molar-refractivity contribution >= 4 is 28.6 Å². The monoisotopic (exact) mass is 435 g/mol. The molecule has 9 heteroatoms. The summed E-state index contributed by atoms with van der Waals surface area (Å²) in [6.07, 6.45) is 4.83. The van der Waals surface area contributed by atoms with Gasteiger partial charge in [0.1, 0.15) is 11.6 Å². The second kappa shape index (κ2) is 8.84. The molecule has 2 saturated heterocycles. The van der Waals surface area contributed by atoms with Crippen LogP contribution < -0.4 is 15.5 Å². The zero-order valence-corrected chi connectivity index (χ0v) is 18.3. The average molecular weight is 436 g/mol. The summed E-state index contributed by atoms with van der Waals surface area (Å²) in [5, 5.41) is 10.9. The third-order valence-electron chi connectivity index (χ3n) is 6.34. The molecular weight excluding hydrogens is 406 g/mol. The number of nitrogens with two attached hydrogens (primary N) is 1. The first-order valence-electron chi connectivity index (χ1n) is 11.3. The van der Waals surface area contributed by atoms with Gasteiger partial charge in [-0.25, -0.2) is 9.97 Å². The molecule has 0 aliphatic carbocycles. The van der Waals surface area contributed by atoms with Crippen molar-refractivity contribution in [2.24, 2.45) is 0 Å². The van der Waals surface area contributed by atoms with Crippen molar-refractivity contribution in [3.05, 3.63) is 30.5 Å². The predicted molar refractivity (Wildman–Crippen MR) is 125 cm³/mol. The summed E-state index contributed by atoms with van der Waals surface area (Å²) in [6.45, 7) is 5.15. The first kappa shape index (κ1) is 20.8. The molecule has 3 aromatic rings. The van der Waals surface area contributed by atoms with Gasteiger partial charge >= 0.3 is 0 Å². The second-order valence-electron chi connectivity index (χ2n) is 8.53. The number of morpholine rings is 1. The third-order valence-corrected chi connectivity index (χ3v) is 6.34. The van der Waals surface area contributed by atoms with Crippen LogP contribution in [0.4, 0.5) is 17.6 Å². The largest absolute Gasteiger partial charge is 0.394 e. The number of nitrogens with zero attached hydrogens (tertiary/aromatic N) is 6. The molecular formula is C23H29N7O2. The van der Waals surface area contributed by atoms with Crippen LogP contribution in [-0.4, -0.2) is 70.0 Å². The normalized spacial score (nSPS) is 21.8. The Morgan fingerprint density at radius 3 is 2.78 bits per heavy atom. The summed E-state index contributed by atoms with van der Waals surface area (Å²) in [6, 6.07) is 7.93. The molecule has 5 rings (SSSR count). The minimum atomic E-state index is 0.0284. The second-order valence-corrected chi connectivity index (χ2v) is 8.53. The maximum atomic E-state index is 9.95. The van der Waals surface area contributed by atoms with Gasteiger partial charge in [0.2, 0.25) is 5.95 Å². The lowest BCUT2D eigenvalue weighted by Crippen LogP contribution is -2.45. The fourth-order valence-electron chi connectivity index (χ4n) is 4.54. The first-order valence-corrected chi connectivity index (χ1v) is 11.3. The molecule has 2 aliphatic rings. The summed E-state index contributed by atoms with van der Waals surface area (Å²) in [7, 11) is 0. The van der Waals surface area contributed by atoms with Gasteiger partial charge in [-0.1, -0.05) is 0 Å². The number of rotatable bonds is 4. The summed E-state index contributed by atoms with van der Waals surface area (Å²) in [4.78, 5) is 23.4. The van der Waals surface area contributed by atoms with Crippen molar-refractivity contribution in [3.63, 3.8) is 0 Å². The highest BCUT2D eigenvalue weighted by atomic mass is 16.5. The topological polar surface area (TPSA) is 114 Å². The molecule has 168 valence electrons. The van der Waals surface area contributed by atoms with Crippen LogP contribution in [0.25, 0.3) is 22.3 Å². The van der Waals surface area contributed by atoms with Crippen LogP contribution in [0.3, 0.4) is 0 Å². The van der Waals surface area contributed by atoms with Crippen LogP contribution in [0.1, 0.15) is 26.2 Å². The predicted octanol–water partition coefficient (Wildman–Crippen LogP) is 2.25. The van der Waals surface area contributed by atoms with E-state index in [0.29, 0.717) is 30.6 Å². The molecule has 0 saturated carbocycles. The number of anilines is 3. The van der Waals surface area contributed by atoms with Gasteiger partial charge < -0.3 is 25.4 Å². The van der Waals surface area contributed by atoms with E-state index in [2.05, 4.69) is 21.7 Å². The summed E-state index contributed by atoms with van der Waals surface area (Å²) >= 11 is 0. The number of aliphatic hydroxyl groups excluding tert-OH is 1. The zero-order chi connectivity index (χ0) is 22.1. The fraction of sp³-hybridized carbons (Fsp3) is 0.478. The number of fused-ring (bicyclic) bond motifs is 1. The standard InChI is InChI=1S/C23H29N7O2/c1-15-14-32-11-10-29(15)22-18-6-7-19(16-5-8-20(24)25-12-16)26-21(18)27-23(28-22)30-9-3-2-4-17(30)13-31/h5-8,12,15,17,31H,2-4,9-11,13-14H2,1H3,(H2,24,25)/t15-,17?/m0/s1. The van der Waals surface area contributed by atoms with Gasteiger partial charge in [0.25, 0.3) is 0 Å². The molecule has 3 aromatic heterocycles. The van der Waals surface area contributed by atoms with Gasteiger partial charge in [0.15, 0.2) is 5.65 Å². The molecule has 9 nitrogen and oxygen atoms in total. The van der Waals surface area contributed by atoms with Crippen molar-refractivity contribution in [2.75, 3.05) is 48.4 Å². The van der Waals surface area contributed by atoms with Crippen LogP contribution in [0.15, 0.2) is 30.5 Å². The molecule has 0 bridgehead atoms. The Bertz CT molecular complexity index is 1090. The minimum absolute atomic E-state index is 0.0284. The quantitative estimate of drug-likeness (QED) is 0.637. The van der Waals surface area contributed by atoms with Crippen molar-refractivity contribution in [1.29, 1.82) is 0 Å². The maximum Gasteiger partial charge on any atom is 0.229 e. The Morgan fingerprint density at radius 1 is 1.09 bits per heavy atom. The number of piperidine rings is 1. The summed E-state index contributed by atoms with van der Waals surface area (Å²) < 4.78 is 5.65. The van der Waals surface area contributed by atoms with Crippen LogP contribution in [0.5, 0.6) is 0 Å². The van der Waals surface area contributed by atoms with Gasteiger partial charge in [-0.2, -0.15) is 9.97 Å². The van der Waals surface area contributed by atoms with Gasteiger partial charge in [-0.05, 0) is 50.5 Å². The van der Waals surface area contributed by atoms with E-state index in [1.54, 1.807) is 12.3 Å². The SMILES string of the molecule is C[C@H]1COCCN1c1nc(N2CCCCC2CO)nc2nc(-c3ccc(N)nc3)ccc12. The van der Waals surface area contributed by atoms with E-state index in [1.807, 2.05) is 18.2 Å². The van der Waals surface area contributed by atoms with Crippen molar-refractivity contribution < 1.29 is 9.84 Å². The maximum absolute atomic E-state index is 9.95. The molecule has 32 heavy (non-hydrogen) atoms. The van der Waals surface area contributed by atoms with E-state index in [1.165, 1.54) is 0 Å². The minimum Gasteiger partial charge on any atom is -0.394 e. The molecule has 0 aromatic carbocycles. The molecule has 5 heterocycles. The third kappa shape index (κ3) is 3.93. The molecule has 0 amide bonds. The number of ether oxygens (including phenoxy) is 1. The lowest BCUT2D eigenvalue weighted by Gasteiger charge is -2.37. The van der Waals surface area contributed by atoms with Crippen LogP contribution in [-0.2, 0) is 4.74 Å². The number of aliphatic hydroxyl groups is 1. The van der Waals surface area contributed by atoms with E-state index in [4.69, 9.17) is 25.4 Å². The number of hydrogen-bond acceptors (Lipinski definition) is 9. The summed E-state index contributed by atoms with van der Waals surface area (Å²) in [5.41, 5.74) is 8.05. The van der Waals surface area contributed by atoms with Crippen LogP contribution in [0.2, 0.25) is 0 Å². The average Bonchev–Trinajstić information content (AvgIpc) is 2.84. The van der Waals surface area contributed by atoms with E-state index >= 15 is 0 Å². The highest BCUT2D eigenvalue weighted by molar-refractivity contribution is 5.90. The lowest BCUT2D eigenvalue weighted by atomic mass is 10.0. The smallest absolute Gasteiger partial charge is 0.229 e. The number of aromatic nitrogens is 4. The molecule has 2 atom stereocenters. The first-order chi connectivity index (χ1) is 15.6. The Kier molecular flexibility index (Phi) is 5.75. The van der Waals surface area contributed by atoms with Gasteiger partial charge in [0, 0.05) is 24.8 Å². The molecule has 2 fully saturated rings. The zero-order valence-electron chi connectivity index (χ0n) is 18.3. The Morgan fingerprint density at radius 2 is 2.00 bits per heavy atom. The lowest BCUT2D eigenvalue weighted by molar-refractivity contribution is 0.0987. The van der Waals surface area contributed by atoms with E-state index in [0.717, 1.165) is 54.8 Å². The van der Waals surface area contributed by atoms with Gasteiger partial charge in [-0.15, -0.1) is 0 Å². The van der Waals surface area contributed by atoms with Gasteiger partial charge in [0.05, 0.1) is 43.0 Å². The highest BCUT2D eigenvalue weighted by Crippen LogP contribution is 2.32. The van der Waals surface area contributed by atoms with E-state index in [9.17, 15) is 5.11 Å². The Balaban J connectivity index is 1.65. The van der Waals surface area contributed by atoms with Crippen LogP contribution >= 0.6 is 0 Å². The molecule has 0 spiro atoms. The number of hydrogen-bond donors (Lipinski definition) is 2. The highest BCUT2D eigenvalue weighted by Gasteiger charge is 2.28. The number of nitrogen functional groups attached to an aromatic ring is 1. The van der Waals surface area contributed by atoms with Crippen LogP contribution in [0, 0.1) is 0 Å². The number of pyridine rings is 2. The molecule has 3 N–H and O–H groups in total. The van der Waals surface area contributed by atoms with Crippen molar-refractivity contribution in [1.82, 2.24) is 19.9 Å². The molecule has 2 aliphatic heterocycles. The molecule has 0 radical (unpaired) electrons. The summed E-state index contributed by atoms with van der Waals surface area (Å²) in [5.74, 6) is 1.98. The fourth-order valence-corrected chi connectivity index (χ4v) is 4.54. The Hall–Kier alpha value is -3.04. The van der Waals surface area contributed by atoms with E-state index in [-0.39, 0.29) is 18.7 Å². The van der Waals surface area contributed by atoms with Gasteiger partial charge in [-0.3, -0.25) is 0 Å². The van der Waals surface area contributed by atoms with Crippen molar-refractivity contribution in [3.8, 4) is 11.3 Å². The van der Waals surface area contributed by atoms with E-state index < -0.39 is 0 Å². The molecule has 1 unspecified atom stereocenters. The van der Waals surface area contributed by atoms with Crippen molar-refractivity contribution in [2.45, 2.75) is 38.3 Å².